The van der Waals surface area contributed by atoms with Crippen LogP contribution in [-0.2, 0) is 6.54 Å². The summed E-state index contributed by atoms with van der Waals surface area (Å²) < 4.78 is 5.46. The predicted molar refractivity (Wildman–Crippen MR) is 86.8 cm³/mol. The van der Waals surface area contributed by atoms with Crippen molar-refractivity contribution in [3.63, 3.8) is 0 Å². The fraction of sp³-hybridized carbons (Fsp3) is 0.667. The molecule has 1 N–H and O–H groups in total. The number of phenolic OH excluding ortho intramolecular Hbond substituents is 1. The predicted octanol–water partition coefficient (Wildman–Crippen LogP) is 4.19. The molecule has 0 spiro atoms. The molecule has 1 aromatic rings. The molecule has 21 heavy (non-hydrogen) atoms. The summed E-state index contributed by atoms with van der Waals surface area (Å²) in [6.45, 7) is 8.16. The molecular weight excluding hydrogens is 262 g/mol. The van der Waals surface area contributed by atoms with E-state index in [4.69, 9.17) is 4.74 Å². The summed E-state index contributed by atoms with van der Waals surface area (Å²) in [6.07, 6.45) is 5.17. The summed E-state index contributed by atoms with van der Waals surface area (Å²) in [5, 5.41) is 9.77. The molecule has 3 heteroatoms. The fourth-order valence-corrected chi connectivity index (χ4v) is 3.17. The third-order valence-electron chi connectivity index (χ3n) is 4.69. The van der Waals surface area contributed by atoms with Gasteiger partial charge in [0, 0.05) is 12.6 Å². The molecule has 0 bridgehead atoms. The van der Waals surface area contributed by atoms with Gasteiger partial charge < -0.3 is 9.84 Å². The van der Waals surface area contributed by atoms with E-state index in [9.17, 15) is 5.11 Å². The van der Waals surface area contributed by atoms with Gasteiger partial charge >= 0.3 is 0 Å². The van der Waals surface area contributed by atoms with Crippen LogP contribution in [0.3, 0.4) is 0 Å². The number of benzene rings is 1. The van der Waals surface area contributed by atoms with Crippen molar-refractivity contribution in [3.8, 4) is 11.5 Å². The summed E-state index contributed by atoms with van der Waals surface area (Å²) >= 11 is 0. The third-order valence-corrected chi connectivity index (χ3v) is 4.69. The minimum Gasteiger partial charge on any atom is -0.504 e. The summed E-state index contributed by atoms with van der Waals surface area (Å²) in [7, 11) is 2.20. The lowest BCUT2D eigenvalue weighted by molar-refractivity contribution is 0.123. The van der Waals surface area contributed by atoms with Gasteiger partial charge in [-0.3, -0.25) is 4.90 Å². The van der Waals surface area contributed by atoms with Crippen LogP contribution in [0.4, 0.5) is 0 Å². The van der Waals surface area contributed by atoms with Gasteiger partial charge in [-0.05, 0) is 62.8 Å². The van der Waals surface area contributed by atoms with E-state index in [2.05, 4.69) is 25.8 Å². The highest BCUT2D eigenvalue weighted by Crippen LogP contribution is 2.37. The van der Waals surface area contributed by atoms with Crippen LogP contribution in [-0.4, -0.2) is 29.7 Å². The molecule has 0 aromatic heterocycles. The number of phenols is 1. The number of hydrogen-bond donors (Lipinski definition) is 1. The lowest BCUT2D eigenvalue weighted by Crippen LogP contribution is -2.36. The molecule has 0 aliphatic heterocycles. The minimum absolute atomic E-state index is 0.225. The highest BCUT2D eigenvalue weighted by atomic mass is 16.5. The van der Waals surface area contributed by atoms with Crippen molar-refractivity contribution >= 4 is 0 Å². The molecule has 0 saturated heterocycles. The molecule has 1 fully saturated rings. The highest BCUT2D eigenvalue weighted by Gasteiger charge is 2.28. The van der Waals surface area contributed by atoms with Crippen molar-refractivity contribution in [1.82, 2.24) is 4.90 Å². The first-order chi connectivity index (χ1) is 9.91. The number of hydrogen-bond acceptors (Lipinski definition) is 3. The maximum Gasteiger partial charge on any atom is 0.161 e. The summed E-state index contributed by atoms with van der Waals surface area (Å²) in [5.74, 6) is 0.816. The minimum atomic E-state index is 0.225. The van der Waals surface area contributed by atoms with E-state index in [1.165, 1.54) is 31.2 Å². The average Bonchev–Trinajstić information content (AvgIpc) is 2.42. The van der Waals surface area contributed by atoms with Crippen LogP contribution in [0.15, 0.2) is 18.2 Å². The first-order valence-corrected chi connectivity index (χ1v) is 8.06. The molecule has 3 nitrogen and oxygen atoms in total. The monoisotopic (exact) mass is 291 g/mol. The fourth-order valence-electron chi connectivity index (χ4n) is 3.17. The lowest BCUT2D eigenvalue weighted by Gasteiger charge is -2.38. The largest absolute Gasteiger partial charge is 0.504 e. The highest BCUT2D eigenvalue weighted by molar-refractivity contribution is 5.41. The molecule has 1 aliphatic carbocycles. The van der Waals surface area contributed by atoms with E-state index < -0.39 is 0 Å². The van der Waals surface area contributed by atoms with Crippen LogP contribution in [0.2, 0.25) is 0 Å². The van der Waals surface area contributed by atoms with Crippen LogP contribution < -0.4 is 4.74 Å². The van der Waals surface area contributed by atoms with Gasteiger partial charge in [0.25, 0.3) is 0 Å². The van der Waals surface area contributed by atoms with E-state index in [1.807, 2.05) is 19.1 Å². The van der Waals surface area contributed by atoms with Gasteiger partial charge in [0.15, 0.2) is 11.5 Å². The smallest absolute Gasteiger partial charge is 0.161 e. The Kier molecular flexibility index (Phi) is 5.15. The van der Waals surface area contributed by atoms with E-state index >= 15 is 0 Å². The molecule has 1 aliphatic rings. The molecule has 2 rings (SSSR count). The summed E-state index contributed by atoms with van der Waals surface area (Å²) in [6, 6.07) is 6.35. The van der Waals surface area contributed by atoms with Crippen molar-refractivity contribution in [2.45, 2.75) is 59.0 Å². The Morgan fingerprint density at radius 1 is 1.29 bits per heavy atom. The SMILES string of the molecule is CCOc1cc(CN(C)C2CCC(C)(C)CC2)ccc1O. The maximum atomic E-state index is 9.77. The number of rotatable bonds is 5. The van der Waals surface area contributed by atoms with Crippen LogP contribution in [0.1, 0.15) is 52.0 Å². The lowest BCUT2D eigenvalue weighted by atomic mass is 9.75. The zero-order valence-corrected chi connectivity index (χ0v) is 13.9. The Hall–Kier alpha value is -1.22. The summed E-state index contributed by atoms with van der Waals surface area (Å²) in [4.78, 5) is 2.44. The van der Waals surface area contributed by atoms with Crippen LogP contribution in [0.5, 0.6) is 11.5 Å². The van der Waals surface area contributed by atoms with Crippen molar-refractivity contribution in [2.24, 2.45) is 5.41 Å². The second-order valence-electron chi connectivity index (χ2n) is 7.05. The first-order valence-electron chi connectivity index (χ1n) is 8.06. The second-order valence-corrected chi connectivity index (χ2v) is 7.05. The Labute approximate surface area is 128 Å². The zero-order chi connectivity index (χ0) is 15.5. The first kappa shape index (κ1) is 16.2. The zero-order valence-electron chi connectivity index (χ0n) is 13.9. The quantitative estimate of drug-likeness (QED) is 0.883. The Morgan fingerprint density at radius 2 is 1.95 bits per heavy atom. The van der Waals surface area contributed by atoms with Crippen molar-refractivity contribution in [1.29, 1.82) is 0 Å². The molecule has 0 unspecified atom stereocenters. The number of ether oxygens (including phenoxy) is 1. The van der Waals surface area contributed by atoms with Gasteiger partial charge in [-0.1, -0.05) is 19.9 Å². The van der Waals surface area contributed by atoms with Gasteiger partial charge in [0.1, 0.15) is 0 Å². The van der Waals surface area contributed by atoms with Crippen molar-refractivity contribution in [2.75, 3.05) is 13.7 Å². The molecule has 118 valence electrons. The molecule has 0 heterocycles. The standard InChI is InChI=1S/C18H29NO2/c1-5-21-17-12-14(6-7-16(17)20)13-19(4)15-8-10-18(2,3)11-9-15/h6-7,12,15,20H,5,8-11,13H2,1-4H3. The average molecular weight is 291 g/mol. The van der Waals surface area contributed by atoms with Crippen LogP contribution in [0, 0.1) is 5.41 Å². The molecule has 1 aromatic carbocycles. The van der Waals surface area contributed by atoms with E-state index in [-0.39, 0.29) is 5.75 Å². The Bertz CT molecular complexity index is 460. The van der Waals surface area contributed by atoms with Crippen LogP contribution >= 0.6 is 0 Å². The second kappa shape index (κ2) is 6.69. The van der Waals surface area contributed by atoms with Crippen LogP contribution in [0.25, 0.3) is 0 Å². The normalized spacial score (nSPS) is 18.9. The Morgan fingerprint density at radius 3 is 2.57 bits per heavy atom. The topological polar surface area (TPSA) is 32.7 Å². The molecular formula is C18H29NO2. The maximum absolute atomic E-state index is 9.77. The van der Waals surface area contributed by atoms with Gasteiger partial charge in [-0.25, -0.2) is 0 Å². The molecule has 1 saturated carbocycles. The van der Waals surface area contributed by atoms with Crippen molar-refractivity contribution in [3.05, 3.63) is 23.8 Å². The van der Waals surface area contributed by atoms with E-state index in [0.717, 1.165) is 6.54 Å². The van der Waals surface area contributed by atoms with Gasteiger partial charge in [0.05, 0.1) is 6.61 Å². The third kappa shape index (κ3) is 4.37. The summed E-state index contributed by atoms with van der Waals surface area (Å²) in [5.41, 5.74) is 1.71. The number of aromatic hydroxyl groups is 1. The Balaban J connectivity index is 1.96. The van der Waals surface area contributed by atoms with Gasteiger partial charge in [-0.15, -0.1) is 0 Å². The van der Waals surface area contributed by atoms with E-state index in [1.54, 1.807) is 6.07 Å². The molecule has 0 radical (unpaired) electrons. The van der Waals surface area contributed by atoms with Gasteiger partial charge in [0.2, 0.25) is 0 Å². The van der Waals surface area contributed by atoms with E-state index in [0.29, 0.717) is 23.8 Å². The molecule has 0 atom stereocenters. The number of nitrogens with zero attached hydrogens (tertiary/aromatic N) is 1. The molecule has 0 amide bonds. The van der Waals surface area contributed by atoms with Crippen molar-refractivity contribution < 1.29 is 9.84 Å². The van der Waals surface area contributed by atoms with Gasteiger partial charge in [-0.2, -0.15) is 0 Å².